The highest BCUT2D eigenvalue weighted by Crippen LogP contribution is 1.99. The standard InChI is InChI=1S/C7H14N2O2/c1-5(8-2)7(10)9-6-3-11-4-6/h5-6,8H,3-4H2,1-2H3,(H,9,10). The lowest BCUT2D eigenvalue weighted by molar-refractivity contribution is -0.126. The van der Waals surface area contributed by atoms with Crippen LogP contribution >= 0.6 is 0 Å². The molecule has 1 saturated heterocycles. The van der Waals surface area contributed by atoms with Gasteiger partial charge >= 0.3 is 0 Å². The van der Waals surface area contributed by atoms with E-state index in [0.717, 1.165) is 0 Å². The molecule has 2 N–H and O–H groups in total. The zero-order chi connectivity index (χ0) is 8.27. The monoisotopic (exact) mass is 158 g/mol. The van der Waals surface area contributed by atoms with Crippen molar-refractivity contribution in [3.8, 4) is 0 Å². The molecule has 0 radical (unpaired) electrons. The van der Waals surface area contributed by atoms with Gasteiger partial charge in [-0.2, -0.15) is 0 Å². The first-order chi connectivity index (χ1) is 5.24. The first kappa shape index (κ1) is 8.49. The van der Waals surface area contributed by atoms with Crippen LogP contribution in [0.25, 0.3) is 0 Å². The molecular formula is C7H14N2O2. The molecule has 64 valence electrons. The minimum absolute atomic E-state index is 0.0424. The van der Waals surface area contributed by atoms with Gasteiger partial charge in [-0.05, 0) is 14.0 Å². The van der Waals surface area contributed by atoms with Crippen molar-refractivity contribution in [3.05, 3.63) is 0 Å². The summed E-state index contributed by atoms with van der Waals surface area (Å²) in [6.07, 6.45) is 0. The molecule has 0 aromatic carbocycles. The van der Waals surface area contributed by atoms with Gasteiger partial charge in [0.25, 0.3) is 0 Å². The summed E-state index contributed by atoms with van der Waals surface area (Å²) in [5, 5.41) is 5.71. The van der Waals surface area contributed by atoms with Gasteiger partial charge in [0.2, 0.25) is 5.91 Å². The Morgan fingerprint density at radius 1 is 1.64 bits per heavy atom. The number of ether oxygens (including phenoxy) is 1. The van der Waals surface area contributed by atoms with Crippen LogP contribution < -0.4 is 10.6 Å². The molecule has 0 saturated carbocycles. The maximum Gasteiger partial charge on any atom is 0.237 e. The Morgan fingerprint density at radius 3 is 2.64 bits per heavy atom. The molecule has 1 rings (SSSR count). The lowest BCUT2D eigenvalue weighted by Gasteiger charge is -2.27. The van der Waals surface area contributed by atoms with Crippen LogP contribution in [0.4, 0.5) is 0 Å². The van der Waals surface area contributed by atoms with Gasteiger partial charge < -0.3 is 15.4 Å². The Hall–Kier alpha value is -0.610. The van der Waals surface area contributed by atoms with Gasteiger partial charge in [0.15, 0.2) is 0 Å². The normalized spacial score (nSPS) is 20.5. The molecule has 1 aliphatic heterocycles. The van der Waals surface area contributed by atoms with Crippen LogP contribution in [0.5, 0.6) is 0 Å². The summed E-state index contributed by atoms with van der Waals surface area (Å²) in [6.45, 7) is 3.14. The van der Waals surface area contributed by atoms with Crippen molar-refractivity contribution in [1.82, 2.24) is 10.6 Å². The SMILES string of the molecule is CNC(C)C(=O)NC1COC1. The third kappa shape index (κ3) is 2.17. The smallest absolute Gasteiger partial charge is 0.237 e. The lowest BCUT2D eigenvalue weighted by Crippen LogP contribution is -2.53. The zero-order valence-corrected chi connectivity index (χ0v) is 6.89. The average Bonchev–Trinajstić information content (AvgIpc) is 1.94. The highest BCUT2D eigenvalue weighted by molar-refractivity contribution is 5.81. The van der Waals surface area contributed by atoms with Gasteiger partial charge in [-0.25, -0.2) is 0 Å². The van der Waals surface area contributed by atoms with Crippen LogP contribution in [-0.2, 0) is 9.53 Å². The Balaban J connectivity index is 2.19. The van der Waals surface area contributed by atoms with Crippen LogP contribution in [0.1, 0.15) is 6.92 Å². The number of hydrogen-bond donors (Lipinski definition) is 2. The molecule has 0 spiro atoms. The van der Waals surface area contributed by atoms with E-state index in [9.17, 15) is 4.79 Å². The molecule has 0 bridgehead atoms. The van der Waals surface area contributed by atoms with Crippen LogP contribution in [0.15, 0.2) is 0 Å². The van der Waals surface area contributed by atoms with Crippen molar-refractivity contribution in [3.63, 3.8) is 0 Å². The molecule has 1 amide bonds. The van der Waals surface area contributed by atoms with E-state index in [-0.39, 0.29) is 18.0 Å². The number of likely N-dealkylation sites (N-methyl/N-ethyl adjacent to an activating group) is 1. The van der Waals surface area contributed by atoms with E-state index < -0.39 is 0 Å². The van der Waals surface area contributed by atoms with E-state index in [1.165, 1.54) is 0 Å². The predicted octanol–water partition coefficient (Wildman–Crippen LogP) is -0.891. The van der Waals surface area contributed by atoms with Gasteiger partial charge in [0, 0.05) is 0 Å². The summed E-state index contributed by atoms with van der Waals surface area (Å²) >= 11 is 0. The third-order valence-corrected chi connectivity index (χ3v) is 1.81. The van der Waals surface area contributed by atoms with Crippen LogP contribution in [-0.4, -0.2) is 38.3 Å². The maximum absolute atomic E-state index is 11.1. The average molecular weight is 158 g/mol. The molecular weight excluding hydrogens is 144 g/mol. The van der Waals surface area contributed by atoms with Crippen molar-refractivity contribution in [2.24, 2.45) is 0 Å². The molecule has 4 heteroatoms. The second-order valence-corrected chi connectivity index (χ2v) is 2.75. The highest BCUT2D eigenvalue weighted by atomic mass is 16.5. The minimum Gasteiger partial charge on any atom is -0.377 e. The molecule has 1 aliphatic rings. The topological polar surface area (TPSA) is 50.4 Å². The zero-order valence-electron chi connectivity index (χ0n) is 6.89. The molecule has 0 aromatic heterocycles. The molecule has 4 nitrogen and oxygen atoms in total. The fourth-order valence-corrected chi connectivity index (χ4v) is 0.776. The summed E-state index contributed by atoms with van der Waals surface area (Å²) in [6, 6.07) is 0.119. The molecule has 0 aliphatic carbocycles. The Morgan fingerprint density at radius 2 is 2.27 bits per heavy atom. The largest absolute Gasteiger partial charge is 0.377 e. The minimum atomic E-state index is -0.115. The maximum atomic E-state index is 11.1. The fraction of sp³-hybridized carbons (Fsp3) is 0.857. The van der Waals surface area contributed by atoms with Crippen molar-refractivity contribution in [2.75, 3.05) is 20.3 Å². The summed E-state index contributed by atoms with van der Waals surface area (Å²) in [5.41, 5.74) is 0. The van der Waals surface area contributed by atoms with Crippen molar-refractivity contribution in [2.45, 2.75) is 19.0 Å². The Bertz CT molecular complexity index is 145. The number of carbonyl (C=O) groups is 1. The third-order valence-electron chi connectivity index (χ3n) is 1.81. The van der Waals surface area contributed by atoms with E-state index >= 15 is 0 Å². The van der Waals surface area contributed by atoms with Gasteiger partial charge in [0.05, 0.1) is 25.3 Å². The van der Waals surface area contributed by atoms with Gasteiger partial charge in [-0.3, -0.25) is 4.79 Å². The second-order valence-electron chi connectivity index (χ2n) is 2.75. The van der Waals surface area contributed by atoms with Crippen molar-refractivity contribution in [1.29, 1.82) is 0 Å². The number of carbonyl (C=O) groups excluding carboxylic acids is 1. The molecule has 11 heavy (non-hydrogen) atoms. The number of nitrogens with one attached hydrogen (secondary N) is 2. The van der Waals surface area contributed by atoms with Crippen LogP contribution in [0.3, 0.4) is 0 Å². The van der Waals surface area contributed by atoms with E-state index in [1.54, 1.807) is 7.05 Å². The second kappa shape index (κ2) is 3.69. The first-order valence-corrected chi connectivity index (χ1v) is 3.79. The highest BCUT2D eigenvalue weighted by Gasteiger charge is 2.22. The molecule has 0 aromatic rings. The summed E-state index contributed by atoms with van der Waals surface area (Å²) < 4.78 is 4.91. The number of hydrogen-bond acceptors (Lipinski definition) is 3. The fourth-order valence-electron chi connectivity index (χ4n) is 0.776. The first-order valence-electron chi connectivity index (χ1n) is 3.79. The van der Waals surface area contributed by atoms with Crippen LogP contribution in [0, 0.1) is 0 Å². The summed E-state index contributed by atoms with van der Waals surface area (Å²) in [4.78, 5) is 11.1. The number of amides is 1. The van der Waals surface area contributed by atoms with Gasteiger partial charge in [-0.15, -0.1) is 0 Å². The van der Waals surface area contributed by atoms with E-state index in [2.05, 4.69) is 10.6 Å². The Labute approximate surface area is 66.3 Å². The van der Waals surface area contributed by atoms with Crippen molar-refractivity contribution < 1.29 is 9.53 Å². The number of rotatable bonds is 3. The molecule has 1 atom stereocenters. The van der Waals surface area contributed by atoms with E-state index in [1.807, 2.05) is 6.92 Å². The van der Waals surface area contributed by atoms with Crippen LogP contribution in [0.2, 0.25) is 0 Å². The van der Waals surface area contributed by atoms with E-state index in [4.69, 9.17) is 4.74 Å². The quantitative estimate of drug-likeness (QED) is 0.560. The molecule has 1 heterocycles. The van der Waals surface area contributed by atoms with Gasteiger partial charge in [0.1, 0.15) is 0 Å². The molecule has 1 unspecified atom stereocenters. The summed E-state index contributed by atoms with van der Waals surface area (Å²) in [5.74, 6) is 0.0424. The molecule has 1 fully saturated rings. The Kier molecular flexibility index (Phi) is 2.84. The lowest BCUT2D eigenvalue weighted by atomic mass is 10.2. The van der Waals surface area contributed by atoms with Crippen molar-refractivity contribution >= 4 is 5.91 Å². The van der Waals surface area contributed by atoms with E-state index in [0.29, 0.717) is 13.2 Å². The predicted molar refractivity (Wildman–Crippen MR) is 41.3 cm³/mol. The van der Waals surface area contributed by atoms with Gasteiger partial charge in [-0.1, -0.05) is 0 Å². The summed E-state index contributed by atoms with van der Waals surface area (Å²) in [7, 11) is 1.77.